The van der Waals surface area contributed by atoms with Crippen LogP contribution in [0, 0.1) is 0 Å². The zero-order valence-corrected chi connectivity index (χ0v) is 14.5. The predicted molar refractivity (Wildman–Crippen MR) is 95.0 cm³/mol. The average Bonchev–Trinajstić information content (AvgIpc) is 2.58. The highest BCUT2D eigenvalue weighted by Gasteiger charge is 2.17. The van der Waals surface area contributed by atoms with E-state index in [0.29, 0.717) is 6.04 Å². The maximum Gasteiger partial charge on any atom is 0.119 e. The van der Waals surface area contributed by atoms with E-state index >= 15 is 0 Å². The van der Waals surface area contributed by atoms with Crippen molar-refractivity contribution in [1.29, 1.82) is 0 Å². The van der Waals surface area contributed by atoms with Crippen molar-refractivity contribution in [3.8, 4) is 5.75 Å². The van der Waals surface area contributed by atoms with E-state index in [1.165, 1.54) is 37.9 Å². The summed E-state index contributed by atoms with van der Waals surface area (Å²) in [5.74, 6) is 1.02. The molecule has 2 heterocycles. The summed E-state index contributed by atoms with van der Waals surface area (Å²) < 4.78 is 5.99. The molecule has 1 aromatic rings. The van der Waals surface area contributed by atoms with Crippen LogP contribution in [0.25, 0.3) is 0 Å². The lowest BCUT2D eigenvalue weighted by atomic mass is 10.1. The van der Waals surface area contributed by atoms with E-state index in [1.807, 2.05) is 0 Å². The van der Waals surface area contributed by atoms with Gasteiger partial charge in [-0.05, 0) is 50.6 Å². The summed E-state index contributed by atoms with van der Waals surface area (Å²) in [6.07, 6.45) is 4.08. The van der Waals surface area contributed by atoms with Crippen molar-refractivity contribution in [3.63, 3.8) is 0 Å². The van der Waals surface area contributed by atoms with E-state index in [-0.39, 0.29) is 0 Å². The van der Waals surface area contributed by atoms with Crippen molar-refractivity contribution in [2.24, 2.45) is 0 Å². The summed E-state index contributed by atoms with van der Waals surface area (Å²) in [6, 6.07) is 9.24. The van der Waals surface area contributed by atoms with Gasteiger partial charge >= 0.3 is 0 Å². The normalized spacial score (nSPS) is 23.8. The molecule has 2 aliphatic heterocycles. The number of piperazine rings is 1. The second kappa shape index (κ2) is 8.67. The minimum atomic E-state index is 0.604. The molecule has 0 aliphatic carbocycles. The van der Waals surface area contributed by atoms with E-state index in [2.05, 4.69) is 46.3 Å². The van der Waals surface area contributed by atoms with Crippen LogP contribution in [-0.4, -0.2) is 61.7 Å². The Morgan fingerprint density at radius 2 is 2.04 bits per heavy atom. The second-order valence-corrected chi connectivity index (χ2v) is 6.92. The zero-order chi connectivity index (χ0) is 15.9. The number of benzene rings is 1. The first-order valence-corrected chi connectivity index (χ1v) is 9.20. The summed E-state index contributed by atoms with van der Waals surface area (Å²) >= 11 is 0. The molecule has 1 N–H and O–H groups in total. The fraction of sp³-hybridized carbons (Fsp3) is 0.684. The Morgan fingerprint density at radius 3 is 2.87 bits per heavy atom. The van der Waals surface area contributed by atoms with Crippen LogP contribution in [0.3, 0.4) is 0 Å². The maximum atomic E-state index is 5.99. The van der Waals surface area contributed by atoms with Gasteiger partial charge in [0.2, 0.25) is 0 Å². The third-order valence-corrected chi connectivity index (χ3v) is 5.05. The number of hydrogen-bond donors (Lipinski definition) is 1. The molecular weight excluding hydrogens is 286 g/mol. The molecule has 2 aliphatic rings. The molecule has 4 nitrogen and oxygen atoms in total. The van der Waals surface area contributed by atoms with Crippen LogP contribution in [0.2, 0.25) is 0 Å². The van der Waals surface area contributed by atoms with Gasteiger partial charge in [-0.1, -0.05) is 18.6 Å². The summed E-state index contributed by atoms with van der Waals surface area (Å²) in [7, 11) is 0. The molecule has 0 unspecified atom stereocenters. The molecule has 0 aromatic heterocycles. The van der Waals surface area contributed by atoms with Gasteiger partial charge in [0, 0.05) is 38.8 Å². The number of hydrogen-bond acceptors (Lipinski definition) is 4. The topological polar surface area (TPSA) is 27.7 Å². The molecule has 0 spiro atoms. The lowest BCUT2D eigenvalue weighted by Crippen LogP contribution is -2.49. The Labute approximate surface area is 140 Å². The van der Waals surface area contributed by atoms with Crippen LogP contribution < -0.4 is 10.1 Å². The Balaban J connectivity index is 1.46. The quantitative estimate of drug-likeness (QED) is 0.872. The van der Waals surface area contributed by atoms with Crippen LogP contribution in [0.4, 0.5) is 0 Å². The van der Waals surface area contributed by atoms with Crippen LogP contribution in [0.15, 0.2) is 24.3 Å². The monoisotopic (exact) mass is 317 g/mol. The first kappa shape index (κ1) is 16.7. The molecule has 4 heteroatoms. The smallest absolute Gasteiger partial charge is 0.119 e. The highest BCUT2D eigenvalue weighted by Crippen LogP contribution is 2.17. The molecule has 0 radical (unpaired) electrons. The summed E-state index contributed by atoms with van der Waals surface area (Å²) in [5, 5.41) is 3.45. The number of likely N-dealkylation sites (tertiary alicyclic amines) is 1. The fourth-order valence-corrected chi connectivity index (χ4v) is 3.56. The highest BCUT2D eigenvalue weighted by atomic mass is 16.5. The standard InChI is InChI=1S/C19H31N3O/c1-17-15-20-8-11-22(17)16-18-6-5-7-19(14-18)23-13-12-21-9-3-2-4-10-21/h5-7,14,17,20H,2-4,8-13,15-16H2,1H3/t17-/m1/s1. The Kier molecular flexibility index (Phi) is 6.31. The minimum Gasteiger partial charge on any atom is -0.492 e. The molecule has 2 fully saturated rings. The summed E-state index contributed by atoms with van der Waals surface area (Å²) in [6.45, 7) is 11.0. The first-order chi connectivity index (χ1) is 11.3. The van der Waals surface area contributed by atoms with Crippen molar-refractivity contribution in [1.82, 2.24) is 15.1 Å². The molecule has 1 aromatic carbocycles. The van der Waals surface area contributed by atoms with Crippen LogP contribution in [0.1, 0.15) is 31.7 Å². The number of ether oxygens (including phenoxy) is 1. The highest BCUT2D eigenvalue weighted by molar-refractivity contribution is 5.28. The van der Waals surface area contributed by atoms with Crippen LogP contribution in [-0.2, 0) is 6.54 Å². The van der Waals surface area contributed by atoms with E-state index in [0.717, 1.165) is 45.1 Å². The van der Waals surface area contributed by atoms with Crippen molar-refractivity contribution in [3.05, 3.63) is 29.8 Å². The number of nitrogens with zero attached hydrogens (tertiary/aromatic N) is 2. The van der Waals surface area contributed by atoms with Gasteiger partial charge in [-0.2, -0.15) is 0 Å². The maximum absolute atomic E-state index is 5.99. The second-order valence-electron chi connectivity index (χ2n) is 6.92. The molecule has 1 atom stereocenters. The van der Waals surface area contributed by atoms with Gasteiger partial charge in [-0.3, -0.25) is 9.80 Å². The van der Waals surface area contributed by atoms with Crippen molar-refractivity contribution >= 4 is 0 Å². The Bertz CT molecular complexity index is 473. The van der Waals surface area contributed by atoms with Gasteiger partial charge < -0.3 is 10.1 Å². The lowest BCUT2D eigenvalue weighted by Gasteiger charge is -2.33. The zero-order valence-electron chi connectivity index (χ0n) is 14.5. The van der Waals surface area contributed by atoms with E-state index < -0.39 is 0 Å². The Hall–Kier alpha value is -1.10. The van der Waals surface area contributed by atoms with Crippen LogP contribution in [0.5, 0.6) is 5.75 Å². The summed E-state index contributed by atoms with van der Waals surface area (Å²) in [4.78, 5) is 5.07. The molecular formula is C19H31N3O. The molecule has 0 saturated carbocycles. The third kappa shape index (κ3) is 5.20. The molecule has 23 heavy (non-hydrogen) atoms. The largest absolute Gasteiger partial charge is 0.492 e. The molecule has 2 saturated heterocycles. The average molecular weight is 317 g/mol. The van der Waals surface area contributed by atoms with E-state index in [9.17, 15) is 0 Å². The molecule has 0 amide bonds. The van der Waals surface area contributed by atoms with Crippen molar-refractivity contribution < 1.29 is 4.74 Å². The van der Waals surface area contributed by atoms with Gasteiger partial charge in [0.25, 0.3) is 0 Å². The molecule has 128 valence electrons. The van der Waals surface area contributed by atoms with E-state index in [4.69, 9.17) is 4.74 Å². The van der Waals surface area contributed by atoms with Crippen molar-refractivity contribution in [2.75, 3.05) is 45.9 Å². The van der Waals surface area contributed by atoms with Gasteiger partial charge in [-0.15, -0.1) is 0 Å². The number of piperidine rings is 1. The Morgan fingerprint density at radius 1 is 1.17 bits per heavy atom. The van der Waals surface area contributed by atoms with Gasteiger partial charge in [-0.25, -0.2) is 0 Å². The number of nitrogens with one attached hydrogen (secondary N) is 1. The minimum absolute atomic E-state index is 0.604. The molecule has 3 rings (SSSR count). The molecule has 0 bridgehead atoms. The van der Waals surface area contributed by atoms with Gasteiger partial charge in [0.05, 0.1) is 0 Å². The third-order valence-electron chi connectivity index (χ3n) is 5.05. The number of rotatable bonds is 6. The van der Waals surface area contributed by atoms with Crippen molar-refractivity contribution in [2.45, 2.75) is 38.8 Å². The predicted octanol–water partition coefficient (Wildman–Crippen LogP) is 2.34. The van der Waals surface area contributed by atoms with Gasteiger partial charge in [0.15, 0.2) is 0 Å². The van der Waals surface area contributed by atoms with Crippen LogP contribution >= 0.6 is 0 Å². The van der Waals surface area contributed by atoms with E-state index in [1.54, 1.807) is 0 Å². The SMILES string of the molecule is C[C@@H]1CNCCN1Cc1cccc(OCCN2CCCCC2)c1. The van der Waals surface area contributed by atoms with Gasteiger partial charge in [0.1, 0.15) is 12.4 Å². The first-order valence-electron chi connectivity index (χ1n) is 9.20. The summed E-state index contributed by atoms with van der Waals surface area (Å²) in [5.41, 5.74) is 1.36. The fourth-order valence-electron chi connectivity index (χ4n) is 3.56. The lowest BCUT2D eigenvalue weighted by molar-refractivity contribution is 0.165.